The van der Waals surface area contributed by atoms with Gasteiger partial charge in [0.15, 0.2) is 0 Å². The van der Waals surface area contributed by atoms with Crippen LogP contribution in [0.4, 0.5) is 5.69 Å². The zero-order valence-electron chi connectivity index (χ0n) is 10.5. The summed E-state index contributed by atoms with van der Waals surface area (Å²) in [6.07, 6.45) is 1.75. The third kappa shape index (κ3) is 2.33. The molecule has 3 aromatic rings. The number of aromatic nitrogens is 1. The van der Waals surface area contributed by atoms with E-state index in [1.54, 1.807) is 12.3 Å². The van der Waals surface area contributed by atoms with Crippen molar-refractivity contribution in [2.75, 3.05) is 5.32 Å². The van der Waals surface area contributed by atoms with E-state index in [-0.39, 0.29) is 5.76 Å². The van der Waals surface area contributed by atoms with Crippen LogP contribution in [0, 0.1) is 0 Å². The molecule has 2 aromatic heterocycles. The maximum absolute atomic E-state index is 10.7. The molecule has 0 unspecified atom stereocenters. The van der Waals surface area contributed by atoms with Gasteiger partial charge < -0.3 is 14.8 Å². The molecule has 2 heterocycles. The number of fused-ring (bicyclic) bond motifs is 1. The fraction of sp³-hybridized carbons (Fsp3) is 0.0667. The van der Waals surface area contributed by atoms with Crippen molar-refractivity contribution in [3.05, 3.63) is 60.2 Å². The second-order valence-electron chi connectivity index (χ2n) is 4.30. The van der Waals surface area contributed by atoms with Gasteiger partial charge in [0.25, 0.3) is 0 Å². The number of rotatable bonds is 4. The summed E-state index contributed by atoms with van der Waals surface area (Å²) in [4.78, 5) is 15.0. The lowest BCUT2D eigenvalue weighted by Gasteiger charge is -2.07. The van der Waals surface area contributed by atoms with E-state index in [1.807, 2.05) is 30.3 Å². The van der Waals surface area contributed by atoms with Crippen molar-refractivity contribution >= 4 is 22.6 Å². The van der Waals surface area contributed by atoms with E-state index in [1.165, 1.54) is 6.07 Å². The molecule has 0 bridgehead atoms. The number of anilines is 1. The van der Waals surface area contributed by atoms with Crippen LogP contribution in [0.3, 0.4) is 0 Å². The van der Waals surface area contributed by atoms with E-state index >= 15 is 0 Å². The van der Waals surface area contributed by atoms with Crippen LogP contribution in [0.2, 0.25) is 0 Å². The minimum absolute atomic E-state index is 0.0543. The molecule has 3 rings (SSSR count). The van der Waals surface area contributed by atoms with Crippen molar-refractivity contribution in [3.8, 4) is 0 Å². The van der Waals surface area contributed by atoms with Crippen LogP contribution < -0.4 is 5.32 Å². The van der Waals surface area contributed by atoms with Crippen LogP contribution in [-0.2, 0) is 6.54 Å². The standard InChI is InChI=1S/C15H12N2O3/c18-15(19)14-7-6-10(20-14)9-17-13-5-1-4-12-11(13)3-2-8-16-12/h1-8,17H,9H2,(H,18,19). The van der Waals surface area contributed by atoms with Gasteiger partial charge in [-0.1, -0.05) is 6.07 Å². The second-order valence-corrected chi connectivity index (χ2v) is 4.30. The number of carbonyl (C=O) groups is 1. The summed E-state index contributed by atoms with van der Waals surface area (Å²) in [6.45, 7) is 0.418. The molecule has 100 valence electrons. The third-order valence-corrected chi connectivity index (χ3v) is 2.97. The van der Waals surface area contributed by atoms with Crippen molar-refractivity contribution in [1.82, 2.24) is 4.98 Å². The molecule has 1 aromatic carbocycles. The van der Waals surface area contributed by atoms with Crippen molar-refractivity contribution in [3.63, 3.8) is 0 Å². The smallest absolute Gasteiger partial charge is 0.371 e. The number of carboxylic acid groups (broad SMARTS) is 1. The Hall–Kier alpha value is -2.82. The molecule has 0 radical (unpaired) electrons. The van der Waals surface area contributed by atoms with Crippen LogP contribution in [0.25, 0.3) is 10.9 Å². The van der Waals surface area contributed by atoms with Crippen molar-refractivity contribution < 1.29 is 14.3 Å². The Morgan fingerprint density at radius 1 is 1.20 bits per heavy atom. The summed E-state index contributed by atoms with van der Waals surface area (Å²) in [7, 11) is 0. The highest BCUT2D eigenvalue weighted by Gasteiger charge is 2.09. The number of nitrogens with zero attached hydrogens (tertiary/aromatic N) is 1. The molecule has 0 saturated carbocycles. The van der Waals surface area contributed by atoms with E-state index in [2.05, 4.69) is 10.3 Å². The zero-order chi connectivity index (χ0) is 13.9. The molecule has 0 atom stereocenters. The van der Waals surface area contributed by atoms with E-state index in [0.717, 1.165) is 16.6 Å². The van der Waals surface area contributed by atoms with E-state index < -0.39 is 5.97 Å². The highest BCUT2D eigenvalue weighted by Crippen LogP contribution is 2.22. The highest BCUT2D eigenvalue weighted by molar-refractivity contribution is 5.91. The Balaban J connectivity index is 1.81. The second kappa shape index (κ2) is 5.05. The molecule has 0 saturated heterocycles. The van der Waals surface area contributed by atoms with Crippen molar-refractivity contribution in [2.24, 2.45) is 0 Å². The SMILES string of the molecule is O=C(O)c1ccc(CNc2cccc3ncccc23)o1. The lowest BCUT2D eigenvalue weighted by Crippen LogP contribution is -1.99. The Bertz CT molecular complexity index is 759. The number of hydrogen-bond donors (Lipinski definition) is 2. The predicted molar refractivity (Wildman–Crippen MR) is 74.7 cm³/mol. The maximum atomic E-state index is 10.7. The molecule has 5 nitrogen and oxygen atoms in total. The Morgan fingerprint density at radius 3 is 2.90 bits per heavy atom. The van der Waals surface area contributed by atoms with Crippen LogP contribution in [0.5, 0.6) is 0 Å². The molecule has 0 fully saturated rings. The van der Waals surface area contributed by atoms with Crippen molar-refractivity contribution in [1.29, 1.82) is 0 Å². The minimum atomic E-state index is -1.06. The molecule has 5 heteroatoms. The number of benzene rings is 1. The average molecular weight is 268 g/mol. The molecular formula is C15H12N2O3. The number of carboxylic acids is 1. The minimum Gasteiger partial charge on any atom is -0.475 e. The third-order valence-electron chi connectivity index (χ3n) is 2.97. The van der Waals surface area contributed by atoms with Gasteiger partial charge in [-0.25, -0.2) is 4.79 Å². The number of hydrogen-bond acceptors (Lipinski definition) is 4. The monoisotopic (exact) mass is 268 g/mol. The molecule has 2 N–H and O–H groups in total. The Morgan fingerprint density at radius 2 is 2.10 bits per heavy atom. The molecular weight excluding hydrogens is 256 g/mol. The van der Waals surface area contributed by atoms with E-state index in [0.29, 0.717) is 12.3 Å². The molecule has 0 amide bonds. The first-order chi connectivity index (χ1) is 9.74. The van der Waals surface area contributed by atoms with Gasteiger partial charge in [-0.3, -0.25) is 4.98 Å². The first kappa shape index (κ1) is 12.2. The van der Waals surface area contributed by atoms with E-state index in [4.69, 9.17) is 9.52 Å². The number of aromatic carboxylic acids is 1. The first-order valence-corrected chi connectivity index (χ1v) is 6.13. The molecule has 20 heavy (non-hydrogen) atoms. The fourth-order valence-electron chi connectivity index (χ4n) is 2.03. The summed E-state index contributed by atoms with van der Waals surface area (Å²) < 4.78 is 5.20. The van der Waals surface area contributed by atoms with Crippen LogP contribution >= 0.6 is 0 Å². The summed E-state index contributed by atoms with van der Waals surface area (Å²) in [5, 5.41) is 13.0. The van der Waals surface area contributed by atoms with Gasteiger partial charge in [0.05, 0.1) is 12.1 Å². The highest BCUT2D eigenvalue weighted by atomic mass is 16.4. The maximum Gasteiger partial charge on any atom is 0.371 e. The van der Waals surface area contributed by atoms with Crippen molar-refractivity contribution in [2.45, 2.75) is 6.54 Å². The average Bonchev–Trinajstić information content (AvgIpc) is 2.94. The summed E-state index contributed by atoms with van der Waals surface area (Å²) in [6, 6.07) is 12.8. The van der Waals surface area contributed by atoms with E-state index in [9.17, 15) is 4.79 Å². The molecule has 0 aliphatic carbocycles. The quantitative estimate of drug-likeness (QED) is 0.760. The number of pyridine rings is 1. The normalized spacial score (nSPS) is 10.6. The lowest BCUT2D eigenvalue weighted by molar-refractivity contribution is 0.0660. The fourth-order valence-corrected chi connectivity index (χ4v) is 2.03. The Kier molecular flexibility index (Phi) is 3.09. The lowest BCUT2D eigenvalue weighted by atomic mass is 10.2. The first-order valence-electron chi connectivity index (χ1n) is 6.13. The van der Waals surface area contributed by atoms with Gasteiger partial charge in [-0.15, -0.1) is 0 Å². The van der Waals surface area contributed by atoms with Gasteiger partial charge in [0.1, 0.15) is 5.76 Å². The Labute approximate surface area is 114 Å². The predicted octanol–water partition coefficient (Wildman–Crippen LogP) is 3.14. The molecule has 0 aliphatic heterocycles. The summed E-state index contributed by atoms with van der Waals surface area (Å²) >= 11 is 0. The van der Waals surface area contributed by atoms with Crippen LogP contribution in [0.1, 0.15) is 16.3 Å². The van der Waals surface area contributed by atoms with Gasteiger partial charge in [0, 0.05) is 17.3 Å². The van der Waals surface area contributed by atoms with Gasteiger partial charge in [0.2, 0.25) is 5.76 Å². The largest absolute Gasteiger partial charge is 0.475 e. The summed E-state index contributed by atoms with van der Waals surface area (Å²) in [5.41, 5.74) is 1.84. The zero-order valence-corrected chi connectivity index (χ0v) is 10.5. The summed E-state index contributed by atoms with van der Waals surface area (Å²) in [5.74, 6) is -0.546. The number of nitrogens with one attached hydrogen (secondary N) is 1. The molecule has 0 spiro atoms. The van der Waals surface area contributed by atoms with Gasteiger partial charge in [-0.05, 0) is 36.4 Å². The molecule has 0 aliphatic rings. The van der Waals surface area contributed by atoms with Gasteiger partial charge >= 0.3 is 5.97 Å². The number of furan rings is 1. The topological polar surface area (TPSA) is 75.4 Å². The van der Waals surface area contributed by atoms with Crippen LogP contribution in [-0.4, -0.2) is 16.1 Å². The van der Waals surface area contributed by atoms with Gasteiger partial charge in [-0.2, -0.15) is 0 Å². The van der Waals surface area contributed by atoms with Crippen LogP contribution in [0.15, 0.2) is 53.1 Å².